The molecule has 1 aromatic rings. The van der Waals surface area contributed by atoms with Crippen LogP contribution in [0.2, 0.25) is 0 Å². The van der Waals surface area contributed by atoms with Crippen molar-refractivity contribution < 1.29 is 14.3 Å². The third kappa shape index (κ3) is 2.47. The number of halogens is 1. The Kier molecular flexibility index (Phi) is 3.43. The number of aliphatic carboxylic acids is 1. The molecule has 1 aromatic carbocycles. The van der Waals surface area contributed by atoms with Crippen molar-refractivity contribution in [1.29, 1.82) is 0 Å². The van der Waals surface area contributed by atoms with Crippen molar-refractivity contribution >= 4 is 5.97 Å². The lowest BCUT2D eigenvalue weighted by Crippen LogP contribution is -2.23. The Hall–Kier alpha value is -1.42. The minimum atomic E-state index is -0.768. The molecule has 1 heterocycles. The van der Waals surface area contributed by atoms with E-state index < -0.39 is 5.97 Å². The van der Waals surface area contributed by atoms with Crippen molar-refractivity contribution in [1.82, 2.24) is 4.90 Å². The summed E-state index contributed by atoms with van der Waals surface area (Å²) < 4.78 is 12.8. The van der Waals surface area contributed by atoms with Crippen LogP contribution in [0.25, 0.3) is 0 Å². The molecule has 1 saturated heterocycles. The summed E-state index contributed by atoms with van der Waals surface area (Å²) in [5, 5.41) is 9.21. The maximum atomic E-state index is 12.8. The van der Waals surface area contributed by atoms with Gasteiger partial charge in [-0.25, -0.2) is 4.39 Å². The Morgan fingerprint density at radius 1 is 1.41 bits per heavy atom. The first-order chi connectivity index (χ1) is 8.11. The summed E-state index contributed by atoms with van der Waals surface area (Å²) in [5.74, 6) is -1.48. The Balaban J connectivity index is 2.23. The summed E-state index contributed by atoms with van der Waals surface area (Å²) in [6.45, 7) is 4.18. The van der Waals surface area contributed by atoms with Gasteiger partial charge in [0.25, 0.3) is 0 Å². The second-order valence-corrected chi connectivity index (χ2v) is 4.45. The average molecular weight is 237 g/mol. The Bertz CT molecular complexity index is 404. The highest BCUT2D eigenvalue weighted by Crippen LogP contribution is 2.32. The fourth-order valence-corrected chi connectivity index (χ4v) is 2.44. The van der Waals surface area contributed by atoms with Gasteiger partial charge in [0.1, 0.15) is 5.82 Å². The van der Waals surface area contributed by atoms with Gasteiger partial charge in [-0.1, -0.05) is 19.1 Å². The van der Waals surface area contributed by atoms with Gasteiger partial charge in [0, 0.05) is 19.0 Å². The summed E-state index contributed by atoms with van der Waals surface area (Å²) in [5.41, 5.74) is 0.912. The molecular weight excluding hydrogens is 221 g/mol. The highest BCUT2D eigenvalue weighted by molar-refractivity contribution is 5.72. The summed E-state index contributed by atoms with van der Waals surface area (Å²) in [6.07, 6.45) is 0. The van der Waals surface area contributed by atoms with E-state index in [-0.39, 0.29) is 17.7 Å². The van der Waals surface area contributed by atoms with E-state index in [0.717, 1.165) is 18.7 Å². The third-order valence-electron chi connectivity index (χ3n) is 3.46. The zero-order valence-electron chi connectivity index (χ0n) is 9.77. The number of carbonyl (C=O) groups is 1. The first kappa shape index (κ1) is 12.0. The van der Waals surface area contributed by atoms with Crippen LogP contribution in [0.3, 0.4) is 0 Å². The number of likely N-dealkylation sites (N-methyl/N-ethyl adjacent to an activating group) is 1. The number of hydrogen-bond acceptors (Lipinski definition) is 2. The Morgan fingerprint density at radius 3 is 2.59 bits per heavy atom. The third-order valence-corrected chi connectivity index (χ3v) is 3.46. The number of rotatable bonds is 3. The van der Waals surface area contributed by atoms with E-state index in [1.165, 1.54) is 12.1 Å². The molecule has 0 amide bonds. The average Bonchev–Trinajstić information content (AvgIpc) is 2.74. The van der Waals surface area contributed by atoms with Gasteiger partial charge in [-0.3, -0.25) is 4.79 Å². The molecule has 0 spiro atoms. The number of nitrogens with zero attached hydrogens (tertiary/aromatic N) is 1. The van der Waals surface area contributed by atoms with Crippen molar-refractivity contribution in [3.05, 3.63) is 35.6 Å². The Morgan fingerprint density at radius 2 is 2.06 bits per heavy atom. The van der Waals surface area contributed by atoms with Crippen LogP contribution in [0.15, 0.2) is 24.3 Å². The van der Waals surface area contributed by atoms with Gasteiger partial charge in [-0.05, 0) is 24.2 Å². The van der Waals surface area contributed by atoms with Crippen LogP contribution in [-0.2, 0) is 4.79 Å². The molecule has 2 rings (SSSR count). The summed E-state index contributed by atoms with van der Waals surface area (Å²) in [4.78, 5) is 13.3. The number of benzene rings is 1. The van der Waals surface area contributed by atoms with Crippen LogP contribution in [0, 0.1) is 11.7 Å². The molecule has 1 N–H and O–H groups in total. The molecule has 0 bridgehead atoms. The molecule has 0 aromatic heterocycles. The number of likely N-dealkylation sites (tertiary alicyclic amines) is 1. The molecule has 1 aliphatic heterocycles. The zero-order chi connectivity index (χ0) is 12.4. The lowest BCUT2D eigenvalue weighted by molar-refractivity contribution is -0.141. The maximum Gasteiger partial charge on any atom is 0.308 e. The predicted octanol–water partition coefficient (Wildman–Crippen LogP) is 1.95. The lowest BCUT2D eigenvalue weighted by Gasteiger charge is -2.15. The molecule has 1 fully saturated rings. The molecule has 0 saturated carbocycles. The summed E-state index contributed by atoms with van der Waals surface area (Å²) in [6, 6.07) is 6.16. The highest BCUT2D eigenvalue weighted by Gasteiger charge is 2.37. The van der Waals surface area contributed by atoms with Gasteiger partial charge in [0.15, 0.2) is 0 Å². The maximum absolute atomic E-state index is 12.8. The number of carboxylic acids is 1. The van der Waals surface area contributed by atoms with E-state index in [0.29, 0.717) is 6.54 Å². The first-order valence-electron chi connectivity index (χ1n) is 5.82. The molecule has 92 valence electrons. The number of hydrogen-bond donors (Lipinski definition) is 1. The monoisotopic (exact) mass is 237 g/mol. The molecule has 1 aliphatic rings. The van der Waals surface area contributed by atoms with Gasteiger partial charge in [-0.15, -0.1) is 0 Å². The van der Waals surface area contributed by atoms with Crippen LogP contribution in [0.1, 0.15) is 18.4 Å². The van der Waals surface area contributed by atoms with E-state index in [1.54, 1.807) is 12.1 Å². The van der Waals surface area contributed by atoms with Crippen LogP contribution < -0.4 is 0 Å². The zero-order valence-corrected chi connectivity index (χ0v) is 9.77. The molecule has 2 atom stereocenters. The summed E-state index contributed by atoms with van der Waals surface area (Å²) >= 11 is 0. The standard InChI is InChI=1S/C13H16FNO2/c1-2-15-7-11(12(8-15)13(16)17)9-3-5-10(14)6-4-9/h3-6,11-12H,2,7-8H2,1H3,(H,16,17)/t11-,12+/m1/s1. The molecular formula is C13H16FNO2. The second-order valence-electron chi connectivity index (χ2n) is 4.45. The molecule has 3 nitrogen and oxygen atoms in total. The van der Waals surface area contributed by atoms with Crippen molar-refractivity contribution in [2.24, 2.45) is 5.92 Å². The molecule has 17 heavy (non-hydrogen) atoms. The smallest absolute Gasteiger partial charge is 0.308 e. The Labute approximate surface area is 99.9 Å². The minimum absolute atomic E-state index is 0.0342. The largest absolute Gasteiger partial charge is 0.481 e. The lowest BCUT2D eigenvalue weighted by atomic mass is 9.89. The van der Waals surface area contributed by atoms with Crippen molar-refractivity contribution in [3.63, 3.8) is 0 Å². The quantitative estimate of drug-likeness (QED) is 0.873. The van der Waals surface area contributed by atoms with Crippen molar-refractivity contribution in [2.45, 2.75) is 12.8 Å². The number of carboxylic acid groups (broad SMARTS) is 1. The van der Waals surface area contributed by atoms with Crippen LogP contribution >= 0.6 is 0 Å². The van der Waals surface area contributed by atoms with E-state index in [2.05, 4.69) is 4.90 Å². The highest BCUT2D eigenvalue weighted by atomic mass is 19.1. The van der Waals surface area contributed by atoms with Crippen molar-refractivity contribution in [3.8, 4) is 0 Å². The molecule has 4 heteroatoms. The molecule has 0 aliphatic carbocycles. The van der Waals surface area contributed by atoms with Gasteiger partial charge >= 0.3 is 5.97 Å². The van der Waals surface area contributed by atoms with Gasteiger partial charge in [0.05, 0.1) is 5.92 Å². The summed E-state index contributed by atoms with van der Waals surface area (Å²) in [7, 11) is 0. The van der Waals surface area contributed by atoms with Crippen LogP contribution in [-0.4, -0.2) is 35.6 Å². The SMILES string of the molecule is CCN1C[C@H](C(=O)O)[C@@H](c2ccc(F)cc2)C1. The van der Waals surface area contributed by atoms with Crippen LogP contribution in [0.4, 0.5) is 4.39 Å². The fourth-order valence-electron chi connectivity index (χ4n) is 2.44. The van der Waals surface area contributed by atoms with E-state index in [1.807, 2.05) is 6.92 Å². The second kappa shape index (κ2) is 4.84. The van der Waals surface area contributed by atoms with Gasteiger partial charge < -0.3 is 10.0 Å². The molecule has 0 radical (unpaired) electrons. The normalized spacial score (nSPS) is 25.1. The molecule has 0 unspecified atom stereocenters. The van der Waals surface area contributed by atoms with Gasteiger partial charge in [-0.2, -0.15) is 0 Å². The van der Waals surface area contributed by atoms with Gasteiger partial charge in [0.2, 0.25) is 0 Å². The fraction of sp³-hybridized carbons (Fsp3) is 0.462. The van der Waals surface area contributed by atoms with E-state index in [4.69, 9.17) is 0 Å². The first-order valence-corrected chi connectivity index (χ1v) is 5.82. The minimum Gasteiger partial charge on any atom is -0.481 e. The predicted molar refractivity (Wildman–Crippen MR) is 62.4 cm³/mol. The topological polar surface area (TPSA) is 40.5 Å². The van der Waals surface area contributed by atoms with Crippen molar-refractivity contribution in [2.75, 3.05) is 19.6 Å². The van der Waals surface area contributed by atoms with E-state index >= 15 is 0 Å². The van der Waals surface area contributed by atoms with E-state index in [9.17, 15) is 14.3 Å². The van der Waals surface area contributed by atoms with Crippen LogP contribution in [0.5, 0.6) is 0 Å².